The molecular formula is C14H18N2O4. The van der Waals surface area contributed by atoms with E-state index in [1.54, 1.807) is 22.1 Å². The van der Waals surface area contributed by atoms with Gasteiger partial charge in [-0.15, -0.1) is 0 Å². The first-order valence-corrected chi connectivity index (χ1v) is 6.91. The molecule has 1 aromatic rings. The van der Waals surface area contributed by atoms with Gasteiger partial charge in [0.2, 0.25) is 11.8 Å². The van der Waals surface area contributed by atoms with Crippen molar-refractivity contribution in [3.63, 3.8) is 0 Å². The fraction of sp³-hybridized carbons (Fsp3) is 0.571. The molecule has 0 radical (unpaired) electrons. The summed E-state index contributed by atoms with van der Waals surface area (Å²) < 4.78 is 10.5. The monoisotopic (exact) mass is 278 g/mol. The van der Waals surface area contributed by atoms with Crippen LogP contribution in [0.2, 0.25) is 0 Å². The van der Waals surface area contributed by atoms with Crippen LogP contribution in [0.1, 0.15) is 12.2 Å². The quantitative estimate of drug-likeness (QED) is 0.807. The number of carbonyl (C=O) groups is 2. The van der Waals surface area contributed by atoms with Gasteiger partial charge in [-0.05, 0) is 12.1 Å². The zero-order valence-corrected chi connectivity index (χ0v) is 11.3. The van der Waals surface area contributed by atoms with Crippen LogP contribution in [0.4, 0.5) is 0 Å². The second-order valence-corrected chi connectivity index (χ2v) is 5.19. The molecule has 1 aromatic heterocycles. The van der Waals surface area contributed by atoms with Gasteiger partial charge in [0.1, 0.15) is 5.76 Å². The molecular weight excluding hydrogens is 260 g/mol. The van der Waals surface area contributed by atoms with Crippen LogP contribution < -0.4 is 0 Å². The summed E-state index contributed by atoms with van der Waals surface area (Å²) in [6, 6.07) is 3.64. The van der Waals surface area contributed by atoms with E-state index in [9.17, 15) is 9.59 Å². The summed E-state index contributed by atoms with van der Waals surface area (Å²) in [7, 11) is 0. The molecule has 1 atom stereocenters. The minimum Gasteiger partial charge on any atom is -0.467 e. The van der Waals surface area contributed by atoms with Crippen LogP contribution in [-0.4, -0.2) is 54.5 Å². The SMILES string of the molecule is O=C1CC(C(=O)N2CCOCC2)CN1Cc1ccco1. The van der Waals surface area contributed by atoms with Gasteiger partial charge in [0, 0.05) is 26.1 Å². The molecule has 2 aliphatic rings. The molecule has 6 nitrogen and oxygen atoms in total. The Bertz CT molecular complexity index is 479. The maximum atomic E-state index is 12.4. The smallest absolute Gasteiger partial charge is 0.228 e. The highest BCUT2D eigenvalue weighted by Gasteiger charge is 2.37. The predicted octanol–water partition coefficient (Wildman–Crippen LogP) is 0.487. The molecule has 2 aliphatic heterocycles. The molecule has 3 heterocycles. The number of ether oxygens (including phenoxy) is 1. The van der Waals surface area contributed by atoms with Crippen molar-refractivity contribution in [2.75, 3.05) is 32.8 Å². The van der Waals surface area contributed by atoms with Gasteiger partial charge in [-0.2, -0.15) is 0 Å². The number of morpholine rings is 1. The van der Waals surface area contributed by atoms with Crippen molar-refractivity contribution in [1.29, 1.82) is 0 Å². The van der Waals surface area contributed by atoms with Crippen LogP contribution in [0.5, 0.6) is 0 Å². The first-order valence-electron chi connectivity index (χ1n) is 6.91. The van der Waals surface area contributed by atoms with Crippen LogP contribution in [0.15, 0.2) is 22.8 Å². The lowest BCUT2D eigenvalue weighted by Gasteiger charge is -2.29. The van der Waals surface area contributed by atoms with E-state index in [-0.39, 0.29) is 17.7 Å². The predicted molar refractivity (Wildman–Crippen MR) is 69.6 cm³/mol. The van der Waals surface area contributed by atoms with Gasteiger partial charge in [-0.1, -0.05) is 0 Å². The second kappa shape index (κ2) is 5.66. The average Bonchev–Trinajstić information content (AvgIpc) is 3.10. The van der Waals surface area contributed by atoms with Gasteiger partial charge in [-0.3, -0.25) is 9.59 Å². The Balaban J connectivity index is 1.59. The molecule has 0 saturated carbocycles. The van der Waals surface area contributed by atoms with Crippen molar-refractivity contribution >= 4 is 11.8 Å². The third kappa shape index (κ3) is 2.70. The summed E-state index contributed by atoms with van der Waals surface area (Å²) in [6.07, 6.45) is 1.89. The Morgan fingerprint density at radius 2 is 2.15 bits per heavy atom. The lowest BCUT2D eigenvalue weighted by molar-refractivity contribution is -0.139. The van der Waals surface area contributed by atoms with Crippen LogP contribution in [0.25, 0.3) is 0 Å². The lowest BCUT2D eigenvalue weighted by Crippen LogP contribution is -2.44. The van der Waals surface area contributed by atoms with Gasteiger partial charge >= 0.3 is 0 Å². The molecule has 108 valence electrons. The standard InChI is InChI=1S/C14H18N2O4/c17-13-8-11(14(18)15-3-6-19-7-4-15)9-16(13)10-12-2-1-5-20-12/h1-2,5,11H,3-4,6-10H2. The summed E-state index contributed by atoms with van der Waals surface area (Å²) in [6.45, 7) is 3.35. The Hall–Kier alpha value is -1.82. The number of hydrogen-bond donors (Lipinski definition) is 0. The summed E-state index contributed by atoms with van der Waals surface area (Å²) in [5.74, 6) is 0.616. The van der Waals surface area contributed by atoms with Crippen LogP contribution >= 0.6 is 0 Å². The molecule has 0 spiro atoms. The van der Waals surface area contributed by atoms with E-state index in [0.29, 0.717) is 45.8 Å². The van der Waals surface area contributed by atoms with Gasteiger partial charge in [0.05, 0.1) is 31.9 Å². The zero-order valence-electron chi connectivity index (χ0n) is 11.3. The Kier molecular flexibility index (Phi) is 3.73. The second-order valence-electron chi connectivity index (χ2n) is 5.19. The van der Waals surface area contributed by atoms with Crippen molar-refractivity contribution in [2.45, 2.75) is 13.0 Å². The topological polar surface area (TPSA) is 63.0 Å². The fourth-order valence-electron chi connectivity index (χ4n) is 2.72. The highest BCUT2D eigenvalue weighted by Crippen LogP contribution is 2.22. The first kappa shape index (κ1) is 13.2. The number of likely N-dealkylation sites (tertiary alicyclic amines) is 1. The van der Waals surface area contributed by atoms with Crippen molar-refractivity contribution in [3.8, 4) is 0 Å². The van der Waals surface area contributed by atoms with E-state index < -0.39 is 0 Å². The molecule has 2 saturated heterocycles. The largest absolute Gasteiger partial charge is 0.467 e. The molecule has 0 N–H and O–H groups in total. The van der Waals surface area contributed by atoms with Gasteiger partial charge < -0.3 is 19.0 Å². The fourth-order valence-corrected chi connectivity index (χ4v) is 2.72. The highest BCUT2D eigenvalue weighted by atomic mass is 16.5. The van der Waals surface area contributed by atoms with Gasteiger partial charge in [-0.25, -0.2) is 0 Å². The Labute approximate surface area is 117 Å². The molecule has 6 heteroatoms. The van der Waals surface area contributed by atoms with E-state index >= 15 is 0 Å². The van der Waals surface area contributed by atoms with Crippen LogP contribution in [0.3, 0.4) is 0 Å². The summed E-state index contributed by atoms with van der Waals surface area (Å²) in [5.41, 5.74) is 0. The van der Waals surface area contributed by atoms with Crippen molar-refractivity contribution in [2.24, 2.45) is 5.92 Å². The summed E-state index contributed by atoms with van der Waals surface area (Å²) >= 11 is 0. The number of rotatable bonds is 3. The van der Waals surface area contributed by atoms with E-state index in [1.165, 1.54) is 0 Å². The molecule has 1 unspecified atom stereocenters. The molecule has 3 rings (SSSR count). The van der Waals surface area contributed by atoms with Crippen molar-refractivity contribution in [1.82, 2.24) is 9.80 Å². The van der Waals surface area contributed by atoms with Crippen molar-refractivity contribution < 1.29 is 18.7 Å². The third-order valence-corrected chi connectivity index (χ3v) is 3.81. The minimum atomic E-state index is -0.226. The van der Waals surface area contributed by atoms with Crippen LogP contribution in [0, 0.1) is 5.92 Å². The van der Waals surface area contributed by atoms with Crippen LogP contribution in [-0.2, 0) is 20.9 Å². The normalized spacial score (nSPS) is 23.4. The van der Waals surface area contributed by atoms with Crippen molar-refractivity contribution in [3.05, 3.63) is 24.2 Å². The molecule has 0 aliphatic carbocycles. The van der Waals surface area contributed by atoms with E-state index in [1.807, 2.05) is 6.07 Å². The van der Waals surface area contributed by atoms with E-state index in [4.69, 9.17) is 9.15 Å². The summed E-state index contributed by atoms with van der Waals surface area (Å²) in [5, 5.41) is 0. The zero-order chi connectivity index (χ0) is 13.9. The number of carbonyl (C=O) groups excluding carboxylic acids is 2. The Morgan fingerprint density at radius 3 is 2.85 bits per heavy atom. The Morgan fingerprint density at radius 1 is 1.35 bits per heavy atom. The minimum absolute atomic E-state index is 0.0213. The maximum absolute atomic E-state index is 12.4. The van der Waals surface area contributed by atoms with E-state index in [0.717, 1.165) is 5.76 Å². The van der Waals surface area contributed by atoms with Gasteiger partial charge in [0.25, 0.3) is 0 Å². The number of furan rings is 1. The molecule has 20 heavy (non-hydrogen) atoms. The number of nitrogens with zero attached hydrogens (tertiary/aromatic N) is 2. The highest BCUT2D eigenvalue weighted by molar-refractivity contribution is 5.89. The molecule has 0 bridgehead atoms. The molecule has 2 fully saturated rings. The number of amides is 2. The molecule has 2 amide bonds. The maximum Gasteiger partial charge on any atom is 0.228 e. The average molecular weight is 278 g/mol. The van der Waals surface area contributed by atoms with E-state index in [2.05, 4.69) is 0 Å². The lowest BCUT2D eigenvalue weighted by atomic mass is 10.1. The molecule has 0 aromatic carbocycles. The number of hydrogen-bond acceptors (Lipinski definition) is 4. The van der Waals surface area contributed by atoms with Gasteiger partial charge in [0.15, 0.2) is 0 Å². The third-order valence-electron chi connectivity index (χ3n) is 3.81. The first-order chi connectivity index (χ1) is 9.74. The summed E-state index contributed by atoms with van der Waals surface area (Å²) in [4.78, 5) is 27.8.